The van der Waals surface area contributed by atoms with Gasteiger partial charge >= 0.3 is 0 Å². The van der Waals surface area contributed by atoms with Crippen LogP contribution in [0.4, 0.5) is 14.5 Å². The van der Waals surface area contributed by atoms with Crippen LogP contribution >= 0.6 is 11.8 Å². The van der Waals surface area contributed by atoms with Crippen LogP contribution < -0.4 is 5.32 Å². The third-order valence-corrected chi connectivity index (χ3v) is 3.82. The molecule has 0 bridgehead atoms. The van der Waals surface area contributed by atoms with E-state index >= 15 is 0 Å². The van der Waals surface area contributed by atoms with Crippen LogP contribution in [-0.4, -0.2) is 21.6 Å². The van der Waals surface area contributed by atoms with Crippen molar-refractivity contribution in [3.05, 3.63) is 60.4 Å². The van der Waals surface area contributed by atoms with Crippen molar-refractivity contribution in [3.63, 3.8) is 0 Å². The van der Waals surface area contributed by atoms with Crippen LogP contribution in [0.15, 0.2) is 59.6 Å². The average Bonchev–Trinajstić information content (AvgIpc) is 2.55. The fraction of sp³-hybridized carbons (Fsp3) is 0.0625. The number of hydrogen-bond donors (Lipinski definition) is 1. The number of carbonyl (C=O) groups excluding carboxylic acids is 1. The van der Waals surface area contributed by atoms with Gasteiger partial charge in [-0.15, -0.1) is 0 Å². The third kappa shape index (κ3) is 3.62. The Kier molecular flexibility index (Phi) is 4.47. The highest BCUT2D eigenvalue weighted by Gasteiger charge is 2.14. The quantitative estimate of drug-likeness (QED) is 0.728. The van der Waals surface area contributed by atoms with E-state index in [2.05, 4.69) is 15.3 Å². The number of nitrogens with one attached hydrogen (secondary N) is 1. The smallest absolute Gasteiger partial charge is 0.288 e. The zero-order valence-corrected chi connectivity index (χ0v) is 12.6. The molecule has 4 nitrogen and oxygen atoms in total. The van der Waals surface area contributed by atoms with Crippen LogP contribution in [0, 0.1) is 0 Å². The number of halogens is 2. The Hall–Kier alpha value is -2.54. The molecule has 0 fully saturated rings. The van der Waals surface area contributed by atoms with Gasteiger partial charge in [0, 0.05) is 4.90 Å². The topological polar surface area (TPSA) is 54.9 Å². The van der Waals surface area contributed by atoms with Crippen molar-refractivity contribution in [1.29, 1.82) is 0 Å². The van der Waals surface area contributed by atoms with E-state index in [-0.39, 0.29) is 5.69 Å². The molecule has 0 atom stereocenters. The zero-order valence-electron chi connectivity index (χ0n) is 11.7. The second kappa shape index (κ2) is 6.70. The number of amides is 1. The molecule has 7 heteroatoms. The van der Waals surface area contributed by atoms with Gasteiger partial charge in [0.25, 0.3) is 11.7 Å². The van der Waals surface area contributed by atoms with E-state index in [9.17, 15) is 13.6 Å². The van der Waals surface area contributed by atoms with Crippen LogP contribution in [0.5, 0.6) is 0 Å². The molecule has 0 saturated carbocycles. The number of nitrogens with zero attached hydrogens (tertiary/aromatic N) is 2. The van der Waals surface area contributed by atoms with Crippen LogP contribution in [0.1, 0.15) is 10.5 Å². The van der Waals surface area contributed by atoms with Gasteiger partial charge in [0.05, 0.1) is 22.9 Å². The molecular formula is C16H11F2N3OS. The monoisotopic (exact) mass is 331 g/mol. The van der Waals surface area contributed by atoms with Gasteiger partial charge in [-0.25, -0.2) is 4.98 Å². The number of hydrogen-bond acceptors (Lipinski definition) is 4. The molecule has 1 heterocycles. The molecule has 0 spiro atoms. The number of rotatable bonds is 4. The molecule has 3 rings (SSSR count). The van der Waals surface area contributed by atoms with Crippen LogP contribution in [0.2, 0.25) is 0 Å². The lowest BCUT2D eigenvalue weighted by molar-refractivity contribution is 0.102. The van der Waals surface area contributed by atoms with Gasteiger partial charge in [-0.3, -0.25) is 9.78 Å². The highest BCUT2D eigenvalue weighted by molar-refractivity contribution is 7.99. The summed E-state index contributed by atoms with van der Waals surface area (Å²) < 4.78 is 25.1. The first-order valence-corrected chi connectivity index (χ1v) is 7.58. The van der Waals surface area contributed by atoms with Gasteiger partial charge in [0.2, 0.25) is 0 Å². The molecule has 1 aromatic heterocycles. The largest absolute Gasteiger partial charge is 0.320 e. The number of aromatic nitrogens is 2. The predicted molar refractivity (Wildman–Crippen MR) is 85.8 cm³/mol. The highest BCUT2D eigenvalue weighted by Crippen LogP contribution is 2.31. The normalized spacial score (nSPS) is 10.9. The fourth-order valence-corrected chi connectivity index (χ4v) is 2.62. The van der Waals surface area contributed by atoms with Crippen LogP contribution in [0.25, 0.3) is 11.0 Å². The minimum Gasteiger partial charge on any atom is -0.320 e. The van der Waals surface area contributed by atoms with Crippen molar-refractivity contribution in [1.82, 2.24) is 9.97 Å². The highest BCUT2D eigenvalue weighted by atomic mass is 32.2. The molecule has 3 aromatic rings. The Morgan fingerprint density at radius 3 is 2.52 bits per heavy atom. The van der Waals surface area contributed by atoms with Gasteiger partial charge < -0.3 is 5.32 Å². The van der Waals surface area contributed by atoms with Crippen LogP contribution in [-0.2, 0) is 0 Å². The SMILES string of the molecule is O=C(Nc1ccccc1SC(F)F)c1cnc2ccccc2n1. The second-order valence-corrected chi connectivity index (χ2v) is 5.60. The van der Waals surface area contributed by atoms with E-state index in [4.69, 9.17) is 0 Å². The minimum atomic E-state index is -2.56. The molecule has 116 valence electrons. The summed E-state index contributed by atoms with van der Waals surface area (Å²) in [5, 5.41) is 2.60. The van der Waals surface area contributed by atoms with E-state index < -0.39 is 11.7 Å². The van der Waals surface area contributed by atoms with Crippen LogP contribution in [0.3, 0.4) is 0 Å². The van der Waals surface area contributed by atoms with Gasteiger partial charge in [-0.05, 0) is 24.3 Å². The number of fused-ring (bicyclic) bond motifs is 1. The van der Waals surface area contributed by atoms with Crippen molar-refractivity contribution in [3.8, 4) is 0 Å². The average molecular weight is 331 g/mol. The summed E-state index contributed by atoms with van der Waals surface area (Å²) >= 11 is 0.381. The van der Waals surface area contributed by atoms with E-state index in [1.165, 1.54) is 12.3 Å². The molecule has 0 aliphatic rings. The summed E-state index contributed by atoms with van der Waals surface area (Å²) in [6, 6.07) is 13.6. The van der Waals surface area contributed by atoms with Crippen molar-refractivity contribution in [2.45, 2.75) is 10.7 Å². The number of benzene rings is 2. The lowest BCUT2D eigenvalue weighted by Gasteiger charge is -2.10. The first-order chi connectivity index (χ1) is 11.1. The second-order valence-electron chi connectivity index (χ2n) is 4.57. The fourth-order valence-electron chi connectivity index (χ4n) is 2.02. The van der Waals surface area contributed by atoms with E-state index in [0.29, 0.717) is 33.4 Å². The standard InChI is InChI=1S/C16H11F2N3OS/c17-16(18)23-14-8-4-3-7-12(14)21-15(22)13-9-19-10-5-1-2-6-11(10)20-13/h1-9,16H,(H,21,22). The molecule has 1 amide bonds. The maximum Gasteiger partial charge on any atom is 0.288 e. The van der Waals surface area contributed by atoms with Crippen molar-refractivity contribution < 1.29 is 13.6 Å². The number of carbonyl (C=O) groups is 1. The Balaban J connectivity index is 1.86. The van der Waals surface area contributed by atoms with Crippen molar-refractivity contribution in [2.75, 3.05) is 5.32 Å². The molecule has 0 saturated heterocycles. The lowest BCUT2D eigenvalue weighted by atomic mass is 10.2. The van der Waals surface area contributed by atoms with Gasteiger partial charge in [-0.1, -0.05) is 36.0 Å². The maximum atomic E-state index is 12.6. The molecule has 0 radical (unpaired) electrons. The van der Waals surface area contributed by atoms with Gasteiger partial charge in [0.15, 0.2) is 0 Å². The summed E-state index contributed by atoms with van der Waals surface area (Å²) in [6.45, 7) is 0. The summed E-state index contributed by atoms with van der Waals surface area (Å²) in [5.74, 6) is -3.06. The van der Waals surface area contributed by atoms with Gasteiger partial charge in [-0.2, -0.15) is 8.78 Å². The molecule has 2 aromatic carbocycles. The van der Waals surface area contributed by atoms with E-state index in [1.54, 1.807) is 36.4 Å². The van der Waals surface area contributed by atoms with Crippen molar-refractivity contribution >= 4 is 34.4 Å². The van der Waals surface area contributed by atoms with Gasteiger partial charge in [0.1, 0.15) is 5.69 Å². The Labute approximate surface area is 135 Å². The number of thioether (sulfide) groups is 1. The Morgan fingerprint density at radius 2 is 1.74 bits per heavy atom. The summed E-state index contributed by atoms with van der Waals surface area (Å²) in [6.07, 6.45) is 1.36. The molecule has 23 heavy (non-hydrogen) atoms. The molecule has 0 aliphatic heterocycles. The Morgan fingerprint density at radius 1 is 1.04 bits per heavy atom. The molecular weight excluding hydrogens is 320 g/mol. The summed E-state index contributed by atoms with van der Waals surface area (Å²) in [5.41, 5.74) is 1.71. The Bertz CT molecular complexity index is 857. The van der Waals surface area contributed by atoms with E-state index in [0.717, 1.165) is 0 Å². The number of alkyl halides is 2. The minimum absolute atomic E-state index is 0.126. The molecule has 0 aliphatic carbocycles. The number of para-hydroxylation sites is 3. The molecule has 1 N–H and O–H groups in total. The third-order valence-electron chi connectivity index (χ3n) is 3.03. The van der Waals surface area contributed by atoms with Crippen molar-refractivity contribution in [2.24, 2.45) is 0 Å². The molecule has 0 unspecified atom stereocenters. The first-order valence-electron chi connectivity index (χ1n) is 6.70. The first kappa shape index (κ1) is 15.4. The maximum absolute atomic E-state index is 12.6. The zero-order chi connectivity index (χ0) is 16.2. The number of anilines is 1. The lowest BCUT2D eigenvalue weighted by Crippen LogP contribution is -2.14. The van der Waals surface area contributed by atoms with E-state index in [1.807, 2.05) is 6.07 Å². The predicted octanol–water partition coefficient (Wildman–Crippen LogP) is 4.20. The summed E-state index contributed by atoms with van der Waals surface area (Å²) in [7, 11) is 0. The summed E-state index contributed by atoms with van der Waals surface area (Å²) in [4.78, 5) is 21.0.